The molecule has 0 aromatic heterocycles. The molecule has 1 heterocycles. The Hall–Kier alpha value is -2.86. The molecule has 0 radical (unpaired) electrons. The van der Waals surface area contributed by atoms with Gasteiger partial charge in [0.2, 0.25) is 10.0 Å². The number of hydrogen-bond donors (Lipinski definition) is 2. The molecule has 0 aliphatic carbocycles. The van der Waals surface area contributed by atoms with E-state index in [1.165, 1.54) is 22.5 Å². The summed E-state index contributed by atoms with van der Waals surface area (Å²) in [4.78, 5) is 25.1. The SMILES string of the molecule is C#CCNC(=O)c1ccccc1NC(=O)c1ccc(Cl)c(S(=O)(=O)N2CCC[C@@H](C)C2)c1. The van der Waals surface area contributed by atoms with Gasteiger partial charge in [-0.15, -0.1) is 6.42 Å². The number of piperidine rings is 1. The normalized spacial score (nSPS) is 16.7. The summed E-state index contributed by atoms with van der Waals surface area (Å²) >= 11 is 6.21. The minimum absolute atomic E-state index is 0.0499. The van der Waals surface area contributed by atoms with Crippen molar-refractivity contribution in [3.63, 3.8) is 0 Å². The van der Waals surface area contributed by atoms with Gasteiger partial charge in [0, 0.05) is 18.7 Å². The van der Waals surface area contributed by atoms with Crippen molar-refractivity contribution in [2.75, 3.05) is 25.0 Å². The number of benzene rings is 2. The lowest BCUT2D eigenvalue weighted by Gasteiger charge is -2.30. The van der Waals surface area contributed by atoms with Gasteiger partial charge in [-0.3, -0.25) is 9.59 Å². The van der Waals surface area contributed by atoms with Crippen LogP contribution < -0.4 is 10.6 Å². The van der Waals surface area contributed by atoms with Gasteiger partial charge in [0.25, 0.3) is 11.8 Å². The largest absolute Gasteiger partial charge is 0.341 e. The zero-order valence-corrected chi connectivity index (χ0v) is 19.2. The van der Waals surface area contributed by atoms with Crippen LogP contribution in [-0.2, 0) is 10.0 Å². The fraction of sp³-hybridized carbons (Fsp3) is 0.304. The third-order valence-electron chi connectivity index (χ3n) is 5.20. The Morgan fingerprint density at radius 3 is 2.69 bits per heavy atom. The molecule has 0 spiro atoms. The van der Waals surface area contributed by atoms with E-state index in [4.69, 9.17) is 18.0 Å². The molecule has 32 heavy (non-hydrogen) atoms. The summed E-state index contributed by atoms with van der Waals surface area (Å²) in [7, 11) is -3.85. The van der Waals surface area contributed by atoms with Gasteiger partial charge in [0.1, 0.15) is 4.90 Å². The summed E-state index contributed by atoms with van der Waals surface area (Å²) in [6.07, 6.45) is 6.92. The molecule has 1 fully saturated rings. The topological polar surface area (TPSA) is 95.6 Å². The summed E-state index contributed by atoms with van der Waals surface area (Å²) in [5, 5.41) is 5.27. The van der Waals surface area contributed by atoms with Crippen molar-refractivity contribution in [1.29, 1.82) is 0 Å². The van der Waals surface area contributed by atoms with Crippen molar-refractivity contribution < 1.29 is 18.0 Å². The molecular formula is C23H24ClN3O4S. The van der Waals surface area contributed by atoms with Crippen LogP contribution in [0.2, 0.25) is 5.02 Å². The van der Waals surface area contributed by atoms with Gasteiger partial charge in [0.15, 0.2) is 0 Å². The lowest BCUT2D eigenvalue weighted by Crippen LogP contribution is -2.39. The fourth-order valence-corrected chi connectivity index (χ4v) is 5.66. The first kappa shape index (κ1) is 23.8. The number of anilines is 1. The van der Waals surface area contributed by atoms with Crippen molar-refractivity contribution in [3.05, 3.63) is 58.6 Å². The molecule has 3 rings (SSSR count). The average Bonchev–Trinajstić information content (AvgIpc) is 2.78. The first-order valence-electron chi connectivity index (χ1n) is 10.2. The molecule has 0 bridgehead atoms. The van der Waals surface area contributed by atoms with Crippen LogP contribution in [0.3, 0.4) is 0 Å². The lowest BCUT2D eigenvalue weighted by molar-refractivity contribution is 0.0959. The number of hydrogen-bond acceptors (Lipinski definition) is 4. The van der Waals surface area contributed by atoms with E-state index in [1.807, 2.05) is 6.92 Å². The molecule has 1 aliphatic heterocycles. The highest BCUT2D eigenvalue weighted by molar-refractivity contribution is 7.89. The molecule has 2 amide bonds. The third-order valence-corrected chi connectivity index (χ3v) is 7.55. The van der Waals surface area contributed by atoms with Crippen molar-refractivity contribution in [3.8, 4) is 12.3 Å². The maximum atomic E-state index is 13.2. The standard InChI is InChI=1S/C23H24ClN3O4S/c1-3-12-25-23(29)18-8-4-5-9-20(18)26-22(28)17-10-11-19(24)21(14-17)32(30,31)27-13-6-7-16(2)15-27/h1,4-5,8-11,14,16H,6-7,12-13,15H2,2H3,(H,25,29)(H,26,28)/t16-/m1/s1. The summed E-state index contributed by atoms with van der Waals surface area (Å²) < 4.78 is 27.8. The van der Waals surface area contributed by atoms with Crippen LogP contribution in [0.4, 0.5) is 5.69 Å². The van der Waals surface area contributed by atoms with Gasteiger partial charge >= 0.3 is 0 Å². The van der Waals surface area contributed by atoms with Crippen molar-refractivity contribution in [2.24, 2.45) is 5.92 Å². The van der Waals surface area contributed by atoms with Crippen LogP contribution in [0, 0.1) is 18.3 Å². The number of amides is 2. The highest BCUT2D eigenvalue weighted by Gasteiger charge is 2.31. The second kappa shape index (κ2) is 10.2. The number of carbonyl (C=O) groups excluding carboxylic acids is 2. The molecule has 2 N–H and O–H groups in total. The van der Waals surface area contributed by atoms with Crippen LogP contribution in [0.5, 0.6) is 0 Å². The predicted octanol–water partition coefficient (Wildman–Crippen LogP) is 3.38. The smallest absolute Gasteiger partial charge is 0.255 e. The Balaban J connectivity index is 1.87. The van der Waals surface area contributed by atoms with Gasteiger partial charge in [-0.05, 0) is 49.1 Å². The molecule has 2 aromatic rings. The van der Waals surface area contributed by atoms with E-state index in [9.17, 15) is 18.0 Å². The van der Waals surface area contributed by atoms with Gasteiger partial charge in [-0.2, -0.15) is 4.31 Å². The van der Waals surface area contributed by atoms with Crippen LogP contribution in [-0.4, -0.2) is 44.2 Å². The Bertz CT molecular complexity index is 1170. The molecule has 168 valence electrons. The van der Waals surface area contributed by atoms with Crippen LogP contribution in [0.15, 0.2) is 47.4 Å². The molecular weight excluding hydrogens is 450 g/mol. The van der Waals surface area contributed by atoms with Crippen molar-refractivity contribution in [2.45, 2.75) is 24.7 Å². The quantitative estimate of drug-likeness (QED) is 0.629. The lowest BCUT2D eigenvalue weighted by atomic mass is 10.0. The number of halogens is 1. The summed E-state index contributed by atoms with van der Waals surface area (Å²) in [5.41, 5.74) is 0.619. The van der Waals surface area contributed by atoms with Gasteiger partial charge in [0.05, 0.1) is 22.8 Å². The molecule has 7 nitrogen and oxygen atoms in total. The average molecular weight is 474 g/mol. The Morgan fingerprint density at radius 2 is 1.97 bits per heavy atom. The molecule has 0 unspecified atom stereocenters. The number of sulfonamides is 1. The first-order valence-corrected chi connectivity index (χ1v) is 12.0. The Morgan fingerprint density at radius 1 is 1.22 bits per heavy atom. The molecule has 1 atom stereocenters. The van der Waals surface area contributed by atoms with Gasteiger partial charge in [-0.25, -0.2) is 8.42 Å². The second-order valence-electron chi connectivity index (χ2n) is 7.64. The molecule has 1 aliphatic rings. The van der Waals surface area contributed by atoms with Crippen LogP contribution in [0.1, 0.15) is 40.5 Å². The number of nitrogens with one attached hydrogen (secondary N) is 2. The second-order valence-corrected chi connectivity index (χ2v) is 9.96. The summed E-state index contributed by atoms with van der Waals surface area (Å²) in [6, 6.07) is 10.6. The predicted molar refractivity (Wildman–Crippen MR) is 124 cm³/mol. The monoisotopic (exact) mass is 473 g/mol. The van der Waals surface area contributed by atoms with E-state index >= 15 is 0 Å². The number of terminal acetylenes is 1. The first-order chi connectivity index (χ1) is 15.2. The van der Waals surface area contributed by atoms with E-state index < -0.39 is 21.8 Å². The minimum atomic E-state index is -3.85. The van der Waals surface area contributed by atoms with Crippen molar-refractivity contribution in [1.82, 2.24) is 9.62 Å². The molecule has 2 aromatic carbocycles. The number of rotatable bonds is 6. The Kier molecular flexibility index (Phi) is 7.56. The number of carbonyl (C=O) groups is 2. The maximum Gasteiger partial charge on any atom is 0.255 e. The number of para-hydroxylation sites is 1. The highest BCUT2D eigenvalue weighted by atomic mass is 35.5. The zero-order chi connectivity index (χ0) is 23.3. The van der Waals surface area contributed by atoms with E-state index in [0.717, 1.165) is 12.8 Å². The zero-order valence-electron chi connectivity index (χ0n) is 17.6. The minimum Gasteiger partial charge on any atom is -0.341 e. The van der Waals surface area contributed by atoms with Crippen LogP contribution in [0.25, 0.3) is 0 Å². The maximum absolute atomic E-state index is 13.2. The number of nitrogens with zero attached hydrogens (tertiary/aromatic N) is 1. The van der Waals surface area contributed by atoms with Crippen LogP contribution >= 0.6 is 11.6 Å². The van der Waals surface area contributed by atoms with E-state index in [2.05, 4.69) is 16.6 Å². The van der Waals surface area contributed by atoms with Gasteiger partial charge < -0.3 is 10.6 Å². The molecule has 0 saturated carbocycles. The third kappa shape index (κ3) is 5.30. The van der Waals surface area contributed by atoms with Gasteiger partial charge in [-0.1, -0.05) is 36.6 Å². The van der Waals surface area contributed by atoms with E-state index in [1.54, 1.807) is 24.3 Å². The summed E-state index contributed by atoms with van der Waals surface area (Å²) in [5.74, 6) is 1.57. The molecule has 1 saturated heterocycles. The summed E-state index contributed by atoms with van der Waals surface area (Å²) in [6.45, 7) is 2.88. The fourth-order valence-electron chi connectivity index (χ4n) is 3.56. The molecule has 9 heteroatoms. The highest BCUT2D eigenvalue weighted by Crippen LogP contribution is 2.29. The van der Waals surface area contributed by atoms with Crippen molar-refractivity contribution >= 4 is 39.1 Å². The Labute approximate surface area is 193 Å². The van der Waals surface area contributed by atoms with E-state index in [0.29, 0.717) is 13.1 Å². The van der Waals surface area contributed by atoms with E-state index in [-0.39, 0.29) is 39.2 Å².